The fraction of sp³-hybridized carbons (Fsp3) is 0.0769. The zero-order valence-electron chi connectivity index (χ0n) is 10.4. The number of benzene rings is 1. The molecule has 2 aromatic heterocycles. The molecule has 0 saturated carbocycles. The van der Waals surface area contributed by atoms with E-state index < -0.39 is 0 Å². The molecular weight excluding hydrogens is 296 g/mol. The molecule has 0 radical (unpaired) electrons. The standard InChI is InChI=1S/C13H9ClN4OS/c1-7-17-18-13(20-7)16-12(19)11-6-9(14)8-4-2-3-5-10(8)15-11/h2-6H,1H3,(H,16,18,19). The van der Waals surface area contributed by atoms with Crippen molar-refractivity contribution in [3.05, 3.63) is 46.1 Å². The summed E-state index contributed by atoms with van der Waals surface area (Å²) in [6.45, 7) is 1.82. The molecule has 5 nitrogen and oxygen atoms in total. The van der Waals surface area contributed by atoms with Crippen LogP contribution in [0.25, 0.3) is 10.9 Å². The minimum atomic E-state index is -0.353. The lowest BCUT2D eigenvalue weighted by Crippen LogP contribution is -2.13. The number of carbonyl (C=O) groups excluding carboxylic acids is 1. The highest BCUT2D eigenvalue weighted by Gasteiger charge is 2.13. The summed E-state index contributed by atoms with van der Waals surface area (Å²) in [6.07, 6.45) is 0. The third-order valence-corrected chi connectivity index (χ3v) is 3.71. The molecule has 1 aromatic carbocycles. The Hall–Kier alpha value is -2.05. The molecule has 0 bridgehead atoms. The lowest BCUT2D eigenvalue weighted by molar-refractivity contribution is 0.102. The van der Waals surface area contributed by atoms with E-state index in [4.69, 9.17) is 11.6 Å². The molecule has 7 heteroatoms. The van der Waals surface area contributed by atoms with Crippen molar-refractivity contribution in [1.82, 2.24) is 15.2 Å². The molecule has 0 saturated heterocycles. The summed E-state index contributed by atoms with van der Waals surface area (Å²) >= 11 is 7.47. The Kier molecular flexibility index (Phi) is 3.33. The molecule has 0 aliphatic rings. The number of hydrogen-bond donors (Lipinski definition) is 1. The van der Waals surface area contributed by atoms with Crippen LogP contribution in [0.2, 0.25) is 5.02 Å². The number of para-hydroxylation sites is 1. The van der Waals surface area contributed by atoms with Gasteiger partial charge in [-0.1, -0.05) is 41.1 Å². The molecule has 1 N–H and O–H groups in total. The number of fused-ring (bicyclic) bond motifs is 1. The molecule has 0 unspecified atom stereocenters. The van der Waals surface area contributed by atoms with E-state index in [1.54, 1.807) is 6.07 Å². The van der Waals surface area contributed by atoms with Crippen LogP contribution in [0.3, 0.4) is 0 Å². The van der Waals surface area contributed by atoms with E-state index >= 15 is 0 Å². The topological polar surface area (TPSA) is 67.8 Å². The molecule has 0 atom stereocenters. The number of rotatable bonds is 2. The van der Waals surface area contributed by atoms with Crippen molar-refractivity contribution in [1.29, 1.82) is 0 Å². The fourth-order valence-corrected chi connectivity index (χ4v) is 2.61. The van der Waals surface area contributed by atoms with Crippen molar-refractivity contribution in [3.63, 3.8) is 0 Å². The van der Waals surface area contributed by atoms with Crippen LogP contribution >= 0.6 is 22.9 Å². The number of nitrogens with one attached hydrogen (secondary N) is 1. The average molecular weight is 305 g/mol. The highest BCUT2D eigenvalue weighted by Crippen LogP contribution is 2.23. The molecule has 100 valence electrons. The minimum Gasteiger partial charge on any atom is -0.295 e. The summed E-state index contributed by atoms with van der Waals surface area (Å²) < 4.78 is 0. The molecule has 3 aromatic rings. The molecular formula is C13H9ClN4OS. The average Bonchev–Trinajstić information content (AvgIpc) is 2.84. The molecule has 3 rings (SSSR count). The van der Waals surface area contributed by atoms with Gasteiger partial charge >= 0.3 is 0 Å². The van der Waals surface area contributed by atoms with Gasteiger partial charge in [-0.2, -0.15) is 0 Å². The SMILES string of the molecule is Cc1nnc(NC(=O)c2cc(Cl)c3ccccc3n2)s1. The molecule has 20 heavy (non-hydrogen) atoms. The van der Waals surface area contributed by atoms with Crippen molar-refractivity contribution in [2.24, 2.45) is 0 Å². The van der Waals surface area contributed by atoms with E-state index in [2.05, 4.69) is 20.5 Å². The first-order valence-electron chi connectivity index (χ1n) is 5.80. The second kappa shape index (κ2) is 5.15. The maximum Gasteiger partial charge on any atom is 0.276 e. The minimum absolute atomic E-state index is 0.251. The van der Waals surface area contributed by atoms with E-state index in [0.29, 0.717) is 15.7 Å². The molecule has 1 amide bonds. The first-order valence-corrected chi connectivity index (χ1v) is 6.99. The lowest BCUT2D eigenvalue weighted by Gasteiger charge is -2.04. The van der Waals surface area contributed by atoms with E-state index in [-0.39, 0.29) is 11.6 Å². The van der Waals surface area contributed by atoms with Crippen LogP contribution in [-0.2, 0) is 0 Å². The quantitative estimate of drug-likeness (QED) is 0.788. The predicted octanol–water partition coefficient (Wildman–Crippen LogP) is 3.30. The van der Waals surface area contributed by atoms with Crippen molar-refractivity contribution in [3.8, 4) is 0 Å². The van der Waals surface area contributed by atoms with Crippen LogP contribution in [0.4, 0.5) is 5.13 Å². The fourth-order valence-electron chi connectivity index (χ4n) is 1.76. The number of aromatic nitrogens is 3. The van der Waals surface area contributed by atoms with Gasteiger partial charge in [0.1, 0.15) is 10.7 Å². The van der Waals surface area contributed by atoms with Crippen LogP contribution in [0.15, 0.2) is 30.3 Å². The van der Waals surface area contributed by atoms with E-state index in [9.17, 15) is 4.79 Å². The molecule has 0 fully saturated rings. The summed E-state index contributed by atoms with van der Waals surface area (Å²) in [4.78, 5) is 16.4. The number of amides is 1. The van der Waals surface area contributed by atoms with Gasteiger partial charge in [0.25, 0.3) is 5.91 Å². The number of nitrogens with zero attached hydrogens (tertiary/aromatic N) is 3. The largest absolute Gasteiger partial charge is 0.295 e. The summed E-state index contributed by atoms with van der Waals surface area (Å²) in [7, 11) is 0. The van der Waals surface area contributed by atoms with Gasteiger partial charge < -0.3 is 0 Å². The first kappa shape index (κ1) is 13.0. The van der Waals surface area contributed by atoms with Crippen LogP contribution in [0, 0.1) is 6.92 Å². The number of aryl methyl sites for hydroxylation is 1. The Bertz CT molecular complexity index is 802. The Labute approximate surface area is 123 Å². The van der Waals surface area contributed by atoms with Crippen LogP contribution < -0.4 is 5.32 Å². The highest BCUT2D eigenvalue weighted by atomic mass is 35.5. The Morgan fingerprint density at radius 1 is 1.30 bits per heavy atom. The van der Waals surface area contributed by atoms with Crippen LogP contribution in [0.1, 0.15) is 15.5 Å². The molecule has 0 aliphatic heterocycles. The Morgan fingerprint density at radius 3 is 2.85 bits per heavy atom. The molecule has 0 aliphatic carbocycles. The van der Waals surface area contributed by atoms with Crippen molar-refractivity contribution in [2.45, 2.75) is 6.92 Å². The number of halogens is 1. The smallest absolute Gasteiger partial charge is 0.276 e. The van der Waals surface area contributed by atoms with Crippen LogP contribution in [0.5, 0.6) is 0 Å². The second-order valence-corrected chi connectivity index (χ2v) is 5.68. The van der Waals surface area contributed by atoms with E-state index in [1.807, 2.05) is 31.2 Å². The number of pyridine rings is 1. The zero-order chi connectivity index (χ0) is 14.1. The monoisotopic (exact) mass is 304 g/mol. The van der Waals surface area contributed by atoms with Gasteiger partial charge in [0.15, 0.2) is 0 Å². The zero-order valence-corrected chi connectivity index (χ0v) is 12.0. The van der Waals surface area contributed by atoms with Crippen molar-refractivity contribution >= 4 is 44.9 Å². The summed E-state index contributed by atoms with van der Waals surface area (Å²) in [5.74, 6) is -0.353. The summed E-state index contributed by atoms with van der Waals surface area (Å²) in [6, 6.07) is 8.95. The second-order valence-electron chi connectivity index (χ2n) is 4.09. The summed E-state index contributed by atoms with van der Waals surface area (Å²) in [5, 5.41) is 12.9. The molecule has 2 heterocycles. The Morgan fingerprint density at radius 2 is 2.10 bits per heavy atom. The van der Waals surface area contributed by atoms with Gasteiger partial charge in [0.2, 0.25) is 5.13 Å². The maximum absolute atomic E-state index is 12.1. The normalized spacial score (nSPS) is 10.7. The van der Waals surface area contributed by atoms with Crippen molar-refractivity contribution in [2.75, 3.05) is 5.32 Å². The van der Waals surface area contributed by atoms with Gasteiger partial charge in [-0.25, -0.2) is 4.98 Å². The predicted molar refractivity (Wildman–Crippen MR) is 79.4 cm³/mol. The van der Waals surface area contributed by atoms with E-state index in [1.165, 1.54) is 11.3 Å². The summed E-state index contributed by atoms with van der Waals surface area (Å²) in [5.41, 5.74) is 0.931. The number of carbonyl (C=O) groups is 1. The first-order chi connectivity index (χ1) is 9.63. The third-order valence-electron chi connectivity index (χ3n) is 2.64. The molecule has 0 spiro atoms. The van der Waals surface area contributed by atoms with Crippen LogP contribution in [-0.4, -0.2) is 21.1 Å². The Balaban J connectivity index is 1.95. The lowest BCUT2D eigenvalue weighted by atomic mass is 10.2. The number of hydrogen-bond acceptors (Lipinski definition) is 5. The van der Waals surface area contributed by atoms with Gasteiger partial charge in [0, 0.05) is 5.39 Å². The van der Waals surface area contributed by atoms with E-state index in [0.717, 1.165) is 10.4 Å². The number of anilines is 1. The van der Waals surface area contributed by atoms with Gasteiger partial charge in [-0.05, 0) is 19.1 Å². The van der Waals surface area contributed by atoms with Crippen molar-refractivity contribution < 1.29 is 4.79 Å². The van der Waals surface area contributed by atoms with Gasteiger partial charge in [-0.15, -0.1) is 10.2 Å². The van der Waals surface area contributed by atoms with Gasteiger partial charge in [-0.3, -0.25) is 10.1 Å². The third kappa shape index (κ3) is 2.48. The highest BCUT2D eigenvalue weighted by molar-refractivity contribution is 7.15. The van der Waals surface area contributed by atoms with Gasteiger partial charge in [0.05, 0.1) is 10.5 Å². The maximum atomic E-state index is 12.1.